The highest BCUT2D eigenvalue weighted by Gasteiger charge is 2.13. The fraction of sp³-hybridized carbons (Fsp3) is 0.444. The first-order valence-electron chi connectivity index (χ1n) is 4.41. The van der Waals surface area contributed by atoms with Gasteiger partial charge in [-0.05, 0) is 18.6 Å². The number of rotatable bonds is 4. The first kappa shape index (κ1) is 9.80. The van der Waals surface area contributed by atoms with E-state index < -0.39 is 0 Å². The summed E-state index contributed by atoms with van der Waals surface area (Å²) in [6, 6.07) is 3.70. The molecule has 0 aromatic carbocycles. The Bertz CT molecular complexity index is 252. The van der Waals surface area contributed by atoms with Crippen molar-refractivity contribution in [2.24, 2.45) is 11.7 Å². The number of aromatic nitrogens is 1. The fourth-order valence-corrected chi connectivity index (χ4v) is 1.09. The average Bonchev–Trinajstić information content (AvgIpc) is 2.59. The Balaban J connectivity index is 2.49. The van der Waals surface area contributed by atoms with Crippen LogP contribution in [0.4, 0.5) is 0 Å². The number of nitrogens with two attached hydrogens (primary N) is 1. The molecular weight excluding hydrogens is 166 g/mol. The van der Waals surface area contributed by atoms with Crippen LogP contribution in [0.2, 0.25) is 0 Å². The van der Waals surface area contributed by atoms with Gasteiger partial charge in [0.15, 0.2) is 0 Å². The molecule has 0 aliphatic carbocycles. The van der Waals surface area contributed by atoms with Crippen LogP contribution in [0, 0.1) is 5.92 Å². The van der Waals surface area contributed by atoms with Crippen LogP contribution in [-0.4, -0.2) is 17.1 Å². The average molecular weight is 181 g/mol. The predicted molar refractivity (Wildman–Crippen MR) is 51.6 cm³/mol. The van der Waals surface area contributed by atoms with Gasteiger partial charge in [0.05, 0.1) is 5.92 Å². The van der Waals surface area contributed by atoms with Gasteiger partial charge in [0, 0.05) is 18.9 Å². The van der Waals surface area contributed by atoms with Crippen LogP contribution in [0.15, 0.2) is 24.5 Å². The quantitative estimate of drug-likeness (QED) is 0.712. The van der Waals surface area contributed by atoms with Gasteiger partial charge in [0.2, 0.25) is 5.91 Å². The lowest BCUT2D eigenvalue weighted by Crippen LogP contribution is -2.32. The zero-order chi connectivity index (χ0) is 9.68. The van der Waals surface area contributed by atoms with E-state index >= 15 is 0 Å². The van der Waals surface area contributed by atoms with Gasteiger partial charge in [0.1, 0.15) is 0 Å². The predicted octanol–water partition coefficient (Wildman–Crippen LogP) is 0.543. The molecule has 3 N–H and O–H groups in total. The minimum Gasteiger partial charge on any atom is -0.330 e. The topological polar surface area (TPSA) is 60.1 Å². The maximum Gasteiger partial charge on any atom is 0.243 e. The summed E-state index contributed by atoms with van der Waals surface area (Å²) in [6.07, 6.45) is 4.33. The molecule has 0 aliphatic heterocycles. The normalized spacial score (nSPS) is 12.5. The summed E-state index contributed by atoms with van der Waals surface area (Å²) < 4.78 is 1.63. The lowest BCUT2D eigenvalue weighted by Gasteiger charge is -2.12. The maximum absolute atomic E-state index is 11.5. The lowest BCUT2D eigenvalue weighted by molar-refractivity contribution is -0.120. The van der Waals surface area contributed by atoms with Gasteiger partial charge < -0.3 is 5.73 Å². The Kier molecular flexibility index (Phi) is 3.52. The van der Waals surface area contributed by atoms with Crippen molar-refractivity contribution in [3.8, 4) is 0 Å². The highest BCUT2D eigenvalue weighted by Crippen LogP contribution is 2.00. The summed E-state index contributed by atoms with van der Waals surface area (Å²) in [5, 5.41) is 0. The van der Waals surface area contributed by atoms with Gasteiger partial charge >= 0.3 is 0 Å². The minimum atomic E-state index is -0.0950. The van der Waals surface area contributed by atoms with Gasteiger partial charge in [-0.1, -0.05) is 6.92 Å². The Morgan fingerprint density at radius 3 is 2.62 bits per heavy atom. The van der Waals surface area contributed by atoms with Gasteiger partial charge in [-0.2, -0.15) is 0 Å². The minimum absolute atomic E-state index is 0.0267. The number of nitrogens with one attached hydrogen (secondary N) is 1. The molecule has 13 heavy (non-hydrogen) atoms. The molecule has 1 aromatic heterocycles. The number of carbonyl (C=O) groups is 1. The second-order valence-electron chi connectivity index (χ2n) is 2.91. The van der Waals surface area contributed by atoms with Crippen molar-refractivity contribution < 1.29 is 4.79 Å². The molecule has 0 saturated carbocycles. The van der Waals surface area contributed by atoms with Gasteiger partial charge in [-0.3, -0.25) is 14.9 Å². The molecule has 1 aromatic rings. The van der Waals surface area contributed by atoms with E-state index in [0.29, 0.717) is 6.54 Å². The number of hydrogen-bond acceptors (Lipinski definition) is 2. The fourth-order valence-electron chi connectivity index (χ4n) is 1.09. The zero-order valence-electron chi connectivity index (χ0n) is 7.73. The van der Waals surface area contributed by atoms with Gasteiger partial charge in [-0.25, -0.2) is 0 Å². The molecule has 1 amide bonds. The van der Waals surface area contributed by atoms with E-state index in [4.69, 9.17) is 5.73 Å². The van der Waals surface area contributed by atoms with E-state index in [2.05, 4.69) is 5.43 Å². The monoisotopic (exact) mass is 181 g/mol. The molecule has 0 radical (unpaired) electrons. The maximum atomic E-state index is 11.5. The second-order valence-corrected chi connectivity index (χ2v) is 2.91. The van der Waals surface area contributed by atoms with Gasteiger partial charge in [0.25, 0.3) is 0 Å². The molecule has 1 unspecified atom stereocenters. The molecule has 4 heteroatoms. The molecule has 72 valence electrons. The molecule has 1 rings (SSSR count). The highest BCUT2D eigenvalue weighted by atomic mass is 16.2. The van der Waals surface area contributed by atoms with Crippen LogP contribution in [-0.2, 0) is 4.79 Å². The van der Waals surface area contributed by atoms with Crippen molar-refractivity contribution in [1.82, 2.24) is 4.68 Å². The van der Waals surface area contributed by atoms with Gasteiger partial charge in [-0.15, -0.1) is 0 Å². The molecule has 0 bridgehead atoms. The first-order chi connectivity index (χ1) is 6.27. The Morgan fingerprint density at radius 1 is 1.54 bits per heavy atom. The van der Waals surface area contributed by atoms with Crippen LogP contribution >= 0.6 is 0 Å². The van der Waals surface area contributed by atoms with Crippen molar-refractivity contribution in [1.29, 1.82) is 0 Å². The van der Waals surface area contributed by atoms with Crippen LogP contribution in [0.5, 0.6) is 0 Å². The van der Waals surface area contributed by atoms with Crippen LogP contribution in [0.25, 0.3) is 0 Å². The summed E-state index contributed by atoms with van der Waals surface area (Å²) in [5.41, 5.74) is 8.16. The van der Waals surface area contributed by atoms with Crippen molar-refractivity contribution in [2.45, 2.75) is 13.3 Å². The summed E-state index contributed by atoms with van der Waals surface area (Å²) in [5.74, 6) is -0.122. The Morgan fingerprint density at radius 2 is 2.15 bits per heavy atom. The smallest absolute Gasteiger partial charge is 0.243 e. The number of amides is 1. The zero-order valence-corrected chi connectivity index (χ0v) is 7.73. The third kappa shape index (κ3) is 2.59. The molecule has 0 fully saturated rings. The number of carbonyl (C=O) groups excluding carboxylic acids is 1. The van der Waals surface area contributed by atoms with E-state index in [1.807, 2.05) is 19.1 Å². The molecule has 1 heterocycles. The summed E-state index contributed by atoms with van der Waals surface area (Å²) in [4.78, 5) is 11.5. The molecule has 1 atom stereocenters. The van der Waals surface area contributed by atoms with Crippen LogP contribution in [0.1, 0.15) is 13.3 Å². The molecule has 0 aliphatic rings. The van der Waals surface area contributed by atoms with Crippen molar-refractivity contribution in [2.75, 3.05) is 12.0 Å². The molecule has 0 spiro atoms. The second kappa shape index (κ2) is 4.67. The number of hydrogen-bond donors (Lipinski definition) is 2. The molecule has 0 saturated heterocycles. The van der Waals surface area contributed by atoms with E-state index in [9.17, 15) is 4.79 Å². The lowest BCUT2D eigenvalue weighted by atomic mass is 10.1. The molecule has 4 nitrogen and oxygen atoms in total. The first-order valence-corrected chi connectivity index (χ1v) is 4.41. The van der Waals surface area contributed by atoms with E-state index in [1.54, 1.807) is 17.1 Å². The highest BCUT2D eigenvalue weighted by molar-refractivity contribution is 5.86. The Hall–Kier alpha value is -1.29. The largest absolute Gasteiger partial charge is 0.330 e. The summed E-state index contributed by atoms with van der Waals surface area (Å²) in [6.45, 7) is 2.34. The van der Waals surface area contributed by atoms with E-state index in [0.717, 1.165) is 6.42 Å². The Labute approximate surface area is 77.7 Å². The van der Waals surface area contributed by atoms with E-state index in [1.165, 1.54) is 0 Å². The SMILES string of the molecule is CCC(CN)C(=O)Nn1cccc1. The van der Waals surface area contributed by atoms with Crippen molar-refractivity contribution in [3.05, 3.63) is 24.5 Å². The molecular formula is C9H15N3O. The van der Waals surface area contributed by atoms with Crippen molar-refractivity contribution in [3.63, 3.8) is 0 Å². The number of nitrogens with zero attached hydrogens (tertiary/aromatic N) is 1. The van der Waals surface area contributed by atoms with E-state index in [-0.39, 0.29) is 11.8 Å². The van der Waals surface area contributed by atoms with Crippen LogP contribution < -0.4 is 11.2 Å². The standard InChI is InChI=1S/C9H15N3O/c1-2-8(7-10)9(13)11-12-5-3-4-6-12/h3-6,8H,2,7,10H2,1H3,(H,11,13). The summed E-state index contributed by atoms with van der Waals surface area (Å²) >= 11 is 0. The third-order valence-corrected chi connectivity index (χ3v) is 1.99. The third-order valence-electron chi connectivity index (χ3n) is 1.99. The van der Waals surface area contributed by atoms with Crippen molar-refractivity contribution >= 4 is 5.91 Å². The van der Waals surface area contributed by atoms with Crippen LogP contribution in [0.3, 0.4) is 0 Å². The summed E-state index contributed by atoms with van der Waals surface area (Å²) in [7, 11) is 0.